The van der Waals surface area contributed by atoms with Crippen LogP contribution in [-0.2, 0) is 9.53 Å². The van der Waals surface area contributed by atoms with Gasteiger partial charge in [0.1, 0.15) is 0 Å². The van der Waals surface area contributed by atoms with Crippen LogP contribution >= 0.6 is 23.5 Å². The highest BCUT2D eigenvalue weighted by Crippen LogP contribution is 2.39. The molecule has 0 saturated carbocycles. The fourth-order valence-electron chi connectivity index (χ4n) is 1.18. The first-order valence-corrected chi connectivity index (χ1v) is 6.82. The predicted octanol–water partition coefficient (Wildman–Crippen LogP) is 3.04. The molecule has 1 saturated heterocycles. The van der Waals surface area contributed by atoms with Gasteiger partial charge in [-0.15, -0.1) is 23.5 Å². The lowest BCUT2D eigenvalue weighted by Crippen LogP contribution is -2.03. The predicted molar refractivity (Wildman–Crippen MR) is 63.5 cm³/mol. The molecule has 0 aromatic heterocycles. The Balaban J connectivity index is 2.29. The highest BCUT2D eigenvalue weighted by Gasteiger charge is 2.12. The van der Waals surface area contributed by atoms with Crippen molar-refractivity contribution in [2.75, 3.05) is 18.1 Å². The summed E-state index contributed by atoms with van der Waals surface area (Å²) >= 11 is 3.81. The van der Waals surface area contributed by atoms with E-state index >= 15 is 0 Å². The number of ether oxygens (including phenoxy) is 1. The third-order valence-electron chi connectivity index (χ3n) is 1.91. The summed E-state index contributed by atoms with van der Waals surface area (Å²) in [7, 11) is 0. The molecule has 0 spiro atoms. The molecule has 14 heavy (non-hydrogen) atoms. The number of carbonyl (C=O) groups is 1. The van der Waals surface area contributed by atoms with E-state index in [0.717, 1.165) is 6.42 Å². The summed E-state index contributed by atoms with van der Waals surface area (Å²) in [6.45, 7) is 4.43. The SMILES string of the molecule is CCOC(=O)CCC(C)=C1SCCS1. The van der Waals surface area contributed by atoms with E-state index < -0.39 is 0 Å². The highest BCUT2D eigenvalue weighted by molar-refractivity contribution is 8.25. The summed E-state index contributed by atoms with van der Waals surface area (Å²) in [6.07, 6.45) is 1.36. The van der Waals surface area contributed by atoms with E-state index in [0.29, 0.717) is 13.0 Å². The summed E-state index contributed by atoms with van der Waals surface area (Å²) < 4.78 is 6.29. The Morgan fingerprint density at radius 2 is 2.00 bits per heavy atom. The second kappa shape index (κ2) is 6.40. The number of hydrogen-bond acceptors (Lipinski definition) is 4. The summed E-state index contributed by atoms with van der Waals surface area (Å²) in [5.41, 5.74) is 1.34. The van der Waals surface area contributed by atoms with Crippen molar-refractivity contribution < 1.29 is 9.53 Å². The highest BCUT2D eigenvalue weighted by atomic mass is 32.2. The Hall–Kier alpha value is -0.0900. The number of hydrogen-bond donors (Lipinski definition) is 0. The molecule has 1 aliphatic heterocycles. The summed E-state index contributed by atoms with van der Waals surface area (Å²) in [4.78, 5) is 11.1. The fraction of sp³-hybridized carbons (Fsp3) is 0.700. The van der Waals surface area contributed by atoms with Gasteiger partial charge in [-0.05, 0) is 20.3 Å². The fourth-order valence-corrected chi connectivity index (χ4v) is 3.75. The maximum absolute atomic E-state index is 11.1. The Kier molecular flexibility index (Phi) is 5.48. The van der Waals surface area contributed by atoms with Crippen LogP contribution in [0.25, 0.3) is 0 Å². The largest absolute Gasteiger partial charge is 0.466 e. The van der Waals surface area contributed by atoms with Crippen molar-refractivity contribution >= 4 is 29.5 Å². The molecule has 1 rings (SSSR count). The number of carbonyl (C=O) groups excluding carboxylic acids is 1. The zero-order valence-electron chi connectivity index (χ0n) is 8.67. The molecule has 0 radical (unpaired) electrons. The lowest BCUT2D eigenvalue weighted by Gasteiger charge is -2.04. The van der Waals surface area contributed by atoms with Crippen LogP contribution in [0.2, 0.25) is 0 Å². The van der Waals surface area contributed by atoms with E-state index in [9.17, 15) is 4.79 Å². The average Bonchev–Trinajstić information content (AvgIpc) is 2.67. The zero-order chi connectivity index (χ0) is 10.4. The van der Waals surface area contributed by atoms with E-state index in [1.54, 1.807) is 0 Å². The lowest BCUT2D eigenvalue weighted by molar-refractivity contribution is -0.143. The molecule has 0 unspecified atom stereocenters. The van der Waals surface area contributed by atoms with Crippen molar-refractivity contribution in [3.05, 3.63) is 9.81 Å². The van der Waals surface area contributed by atoms with E-state index in [4.69, 9.17) is 4.74 Å². The number of allylic oxidation sites excluding steroid dienone is 1. The Labute approximate surface area is 93.8 Å². The topological polar surface area (TPSA) is 26.3 Å². The van der Waals surface area contributed by atoms with Gasteiger partial charge in [-0.3, -0.25) is 4.79 Å². The van der Waals surface area contributed by atoms with Gasteiger partial charge in [0, 0.05) is 22.2 Å². The van der Waals surface area contributed by atoms with Crippen LogP contribution in [0.1, 0.15) is 26.7 Å². The van der Waals surface area contributed by atoms with E-state index in [1.807, 2.05) is 30.4 Å². The minimum Gasteiger partial charge on any atom is -0.466 e. The standard InChI is InChI=1S/C10H16O2S2/c1-3-12-9(11)5-4-8(2)10-13-6-7-14-10/h3-7H2,1-2H3. The molecule has 0 amide bonds. The molecule has 0 aromatic carbocycles. The van der Waals surface area contributed by atoms with Crippen LogP contribution in [0, 0.1) is 0 Å². The van der Waals surface area contributed by atoms with Gasteiger partial charge in [0.05, 0.1) is 6.61 Å². The van der Waals surface area contributed by atoms with E-state index in [2.05, 4.69) is 6.92 Å². The molecule has 2 nitrogen and oxygen atoms in total. The van der Waals surface area contributed by atoms with Crippen molar-refractivity contribution in [1.82, 2.24) is 0 Å². The molecule has 0 atom stereocenters. The number of thioether (sulfide) groups is 2. The summed E-state index contributed by atoms with van der Waals surface area (Å²) in [6, 6.07) is 0. The molecule has 1 fully saturated rings. The van der Waals surface area contributed by atoms with Crippen LogP contribution in [0.4, 0.5) is 0 Å². The molecular formula is C10H16O2S2. The first-order chi connectivity index (χ1) is 6.74. The minimum absolute atomic E-state index is 0.0829. The number of esters is 1. The van der Waals surface area contributed by atoms with Crippen molar-refractivity contribution in [2.45, 2.75) is 26.7 Å². The number of rotatable bonds is 4. The van der Waals surface area contributed by atoms with Crippen LogP contribution in [0.3, 0.4) is 0 Å². The van der Waals surface area contributed by atoms with Gasteiger partial charge in [0.15, 0.2) is 0 Å². The first-order valence-electron chi connectivity index (χ1n) is 4.85. The Bertz CT molecular complexity index is 228. The van der Waals surface area contributed by atoms with Crippen molar-refractivity contribution in [1.29, 1.82) is 0 Å². The molecule has 0 aromatic rings. The molecule has 1 aliphatic rings. The van der Waals surface area contributed by atoms with Gasteiger partial charge < -0.3 is 4.74 Å². The van der Waals surface area contributed by atoms with Crippen molar-refractivity contribution in [3.63, 3.8) is 0 Å². The van der Waals surface area contributed by atoms with Crippen LogP contribution in [-0.4, -0.2) is 24.1 Å². The Morgan fingerprint density at radius 1 is 1.36 bits per heavy atom. The van der Waals surface area contributed by atoms with Crippen molar-refractivity contribution in [3.8, 4) is 0 Å². The minimum atomic E-state index is -0.0829. The second-order valence-corrected chi connectivity index (χ2v) is 5.54. The summed E-state index contributed by atoms with van der Waals surface area (Å²) in [5.74, 6) is 2.33. The maximum atomic E-state index is 11.1. The first kappa shape index (κ1) is 12.0. The monoisotopic (exact) mass is 232 g/mol. The average molecular weight is 232 g/mol. The maximum Gasteiger partial charge on any atom is 0.306 e. The zero-order valence-corrected chi connectivity index (χ0v) is 10.3. The van der Waals surface area contributed by atoms with Crippen LogP contribution in [0.15, 0.2) is 9.81 Å². The molecule has 0 N–H and O–H groups in total. The van der Waals surface area contributed by atoms with Gasteiger partial charge >= 0.3 is 5.97 Å². The molecule has 80 valence electrons. The molecular weight excluding hydrogens is 216 g/mol. The third kappa shape index (κ3) is 3.96. The second-order valence-electron chi connectivity index (χ2n) is 3.07. The van der Waals surface area contributed by atoms with Crippen LogP contribution in [0.5, 0.6) is 0 Å². The van der Waals surface area contributed by atoms with Crippen LogP contribution < -0.4 is 0 Å². The quantitative estimate of drug-likeness (QED) is 0.696. The normalized spacial score (nSPS) is 15.7. The van der Waals surface area contributed by atoms with Gasteiger partial charge in [0.25, 0.3) is 0 Å². The van der Waals surface area contributed by atoms with E-state index in [-0.39, 0.29) is 5.97 Å². The summed E-state index contributed by atoms with van der Waals surface area (Å²) in [5, 5.41) is 0. The third-order valence-corrected chi connectivity index (χ3v) is 4.91. The van der Waals surface area contributed by atoms with E-state index in [1.165, 1.54) is 21.3 Å². The van der Waals surface area contributed by atoms with Gasteiger partial charge in [-0.25, -0.2) is 0 Å². The molecule has 0 bridgehead atoms. The van der Waals surface area contributed by atoms with Crippen molar-refractivity contribution in [2.24, 2.45) is 0 Å². The molecule has 1 heterocycles. The molecule has 4 heteroatoms. The Morgan fingerprint density at radius 3 is 2.57 bits per heavy atom. The lowest BCUT2D eigenvalue weighted by atomic mass is 10.2. The van der Waals surface area contributed by atoms with Gasteiger partial charge in [0.2, 0.25) is 0 Å². The van der Waals surface area contributed by atoms with Gasteiger partial charge in [-0.1, -0.05) is 5.57 Å². The molecule has 0 aliphatic carbocycles. The smallest absolute Gasteiger partial charge is 0.306 e. The van der Waals surface area contributed by atoms with Gasteiger partial charge in [-0.2, -0.15) is 0 Å².